The van der Waals surface area contributed by atoms with Crippen molar-refractivity contribution in [2.75, 3.05) is 7.11 Å². The maximum atomic E-state index is 11.4. The molecule has 0 amide bonds. The van der Waals surface area contributed by atoms with Crippen LogP contribution in [-0.4, -0.2) is 18.9 Å². The van der Waals surface area contributed by atoms with Crippen LogP contribution in [0.15, 0.2) is 0 Å². The Morgan fingerprint density at radius 3 is 2.57 bits per heavy atom. The summed E-state index contributed by atoms with van der Waals surface area (Å²) < 4.78 is 4.53. The van der Waals surface area contributed by atoms with Crippen molar-refractivity contribution >= 4 is 11.8 Å². The van der Waals surface area contributed by atoms with Crippen LogP contribution in [0.2, 0.25) is 0 Å². The fourth-order valence-electron chi connectivity index (χ4n) is 1.58. The third-order valence-corrected chi connectivity index (χ3v) is 2.39. The van der Waals surface area contributed by atoms with Crippen molar-refractivity contribution in [3.8, 4) is 0 Å². The Morgan fingerprint density at radius 1 is 1.57 bits per heavy atom. The fourth-order valence-corrected chi connectivity index (χ4v) is 1.58. The Bertz CT molecular complexity index is 236. The average molecular weight is 271 g/mol. The van der Waals surface area contributed by atoms with Gasteiger partial charge in [-0.05, 0) is 12.8 Å². The minimum atomic E-state index is -0.582. The molecule has 1 rings (SSSR count). The van der Waals surface area contributed by atoms with Crippen molar-refractivity contribution < 1.29 is 47.0 Å². The van der Waals surface area contributed by atoms with Gasteiger partial charge in [0, 0.05) is 32.7 Å². The molecule has 1 radical (unpaired) electrons. The van der Waals surface area contributed by atoms with E-state index >= 15 is 0 Å². The Labute approximate surface area is 110 Å². The first-order valence-corrected chi connectivity index (χ1v) is 4.27. The molecule has 0 bridgehead atoms. The van der Waals surface area contributed by atoms with Crippen molar-refractivity contribution in [3.05, 3.63) is 13.8 Å². The van der Waals surface area contributed by atoms with Gasteiger partial charge in [-0.2, -0.15) is 0 Å². The van der Waals surface area contributed by atoms with E-state index in [0.717, 1.165) is 0 Å². The van der Waals surface area contributed by atoms with Crippen LogP contribution in [0.5, 0.6) is 0 Å². The van der Waals surface area contributed by atoms with Crippen molar-refractivity contribution in [1.29, 1.82) is 0 Å². The second kappa shape index (κ2) is 5.36. The Kier molecular flexibility index (Phi) is 5.45. The Morgan fingerprint density at radius 2 is 2.14 bits per heavy atom. The van der Waals surface area contributed by atoms with Gasteiger partial charge in [-0.25, -0.2) is 0 Å². The topological polar surface area (TPSA) is 43.4 Å². The van der Waals surface area contributed by atoms with Gasteiger partial charge in [-0.15, -0.1) is 0 Å². The summed E-state index contributed by atoms with van der Waals surface area (Å²) in [6, 6.07) is 0. The molecule has 3 nitrogen and oxygen atoms in total. The summed E-state index contributed by atoms with van der Waals surface area (Å²) in [5, 5.41) is 0. The van der Waals surface area contributed by atoms with E-state index in [4.69, 9.17) is 0 Å². The summed E-state index contributed by atoms with van der Waals surface area (Å²) in [4.78, 5) is 22.5. The van der Waals surface area contributed by atoms with E-state index in [2.05, 4.69) is 18.6 Å². The molecule has 0 N–H and O–H groups in total. The van der Waals surface area contributed by atoms with E-state index in [9.17, 15) is 9.59 Å². The molecule has 1 atom stereocenters. The predicted molar refractivity (Wildman–Crippen MR) is 47.5 cm³/mol. The number of carbonyl (C=O) groups excluding carboxylic acids is 2. The zero-order valence-electron chi connectivity index (χ0n) is 8.41. The zero-order chi connectivity index (χ0) is 10.1. The standard InChI is InChI=1S/C10H14O3.Y/c1-10(2)5-4-7(8(11)6-10)9(12)13-3;/h7H,1-2,4-6H2,3H3;/q-2;. The first kappa shape index (κ1) is 14.2. The number of hydrogen-bond donors (Lipinski definition) is 0. The number of methoxy groups -OCH3 is 1. The van der Waals surface area contributed by atoms with Crippen molar-refractivity contribution in [3.63, 3.8) is 0 Å². The summed E-state index contributed by atoms with van der Waals surface area (Å²) in [6.07, 6.45) is 1.48. The maximum Gasteiger partial charge on any atom is 0.316 e. The summed E-state index contributed by atoms with van der Waals surface area (Å²) >= 11 is 0. The van der Waals surface area contributed by atoms with E-state index in [1.807, 2.05) is 0 Å². The maximum absolute atomic E-state index is 11.4. The number of Topliss-reactive ketones (excluding diaryl/α,β-unsaturated/α-hetero) is 1. The molecule has 0 aliphatic heterocycles. The SMILES string of the molecule is [CH2-]C1([CH2-])CCC(C(=O)OC)C(=O)C1.[Y]. The van der Waals surface area contributed by atoms with Crippen LogP contribution in [0.3, 0.4) is 0 Å². The molecule has 0 aromatic rings. The largest absolute Gasteiger partial charge is 0.468 e. The second-order valence-electron chi connectivity index (χ2n) is 3.76. The molecule has 1 aliphatic carbocycles. The van der Waals surface area contributed by atoms with Crippen molar-refractivity contribution in [1.82, 2.24) is 0 Å². The third kappa shape index (κ3) is 3.43. The summed E-state index contributed by atoms with van der Waals surface area (Å²) in [7, 11) is 1.30. The summed E-state index contributed by atoms with van der Waals surface area (Å²) in [5.74, 6) is -1.11. The van der Waals surface area contributed by atoms with E-state index in [-0.39, 0.29) is 44.9 Å². The van der Waals surface area contributed by atoms with Gasteiger partial charge >= 0.3 is 5.97 Å². The van der Waals surface area contributed by atoms with Crippen LogP contribution in [0.25, 0.3) is 0 Å². The van der Waals surface area contributed by atoms with Gasteiger partial charge < -0.3 is 18.6 Å². The minimum absolute atomic E-state index is 0. The molecule has 0 aromatic heterocycles. The number of esters is 1. The molecule has 0 heterocycles. The number of ketones is 1. The van der Waals surface area contributed by atoms with Gasteiger partial charge in [0.2, 0.25) is 0 Å². The zero-order valence-corrected chi connectivity index (χ0v) is 11.3. The molecule has 14 heavy (non-hydrogen) atoms. The molecule has 1 aliphatic rings. The molecule has 0 aromatic carbocycles. The molecule has 77 valence electrons. The normalized spacial score (nSPS) is 25.1. The van der Waals surface area contributed by atoms with Gasteiger partial charge in [-0.1, -0.05) is 6.42 Å². The van der Waals surface area contributed by atoms with Crippen LogP contribution in [0, 0.1) is 25.2 Å². The molecule has 1 fully saturated rings. The molecule has 4 heteroatoms. The van der Waals surface area contributed by atoms with Gasteiger partial charge in [0.1, 0.15) is 11.7 Å². The molecule has 1 unspecified atom stereocenters. The van der Waals surface area contributed by atoms with Gasteiger partial charge in [0.05, 0.1) is 7.11 Å². The Hall–Kier alpha value is 0.244. The summed E-state index contributed by atoms with van der Waals surface area (Å²) in [6.45, 7) is 7.63. The first-order chi connectivity index (χ1) is 5.96. The first-order valence-electron chi connectivity index (χ1n) is 4.27. The van der Waals surface area contributed by atoms with Gasteiger partial charge in [-0.3, -0.25) is 15.0 Å². The number of rotatable bonds is 1. The molecule has 0 saturated heterocycles. The second-order valence-corrected chi connectivity index (χ2v) is 3.76. The van der Waals surface area contributed by atoms with Crippen LogP contribution in [0.4, 0.5) is 0 Å². The average Bonchev–Trinajstić information content (AvgIpc) is 2.01. The molecule has 1 saturated carbocycles. The number of carbonyl (C=O) groups is 2. The summed E-state index contributed by atoms with van der Waals surface area (Å²) in [5.41, 5.74) is -0.443. The van der Waals surface area contributed by atoms with Gasteiger partial charge in [0.25, 0.3) is 0 Å². The van der Waals surface area contributed by atoms with Gasteiger partial charge in [0.15, 0.2) is 0 Å². The number of ether oxygens (including phenoxy) is 1. The van der Waals surface area contributed by atoms with E-state index in [0.29, 0.717) is 12.8 Å². The molecule has 0 spiro atoms. The third-order valence-electron chi connectivity index (χ3n) is 2.39. The van der Waals surface area contributed by atoms with Crippen LogP contribution in [-0.2, 0) is 47.0 Å². The van der Waals surface area contributed by atoms with Crippen LogP contribution in [0.1, 0.15) is 19.3 Å². The van der Waals surface area contributed by atoms with E-state index < -0.39 is 17.3 Å². The van der Waals surface area contributed by atoms with E-state index in [1.54, 1.807) is 0 Å². The fraction of sp³-hybridized carbons (Fsp3) is 0.600. The minimum Gasteiger partial charge on any atom is -0.468 e. The van der Waals surface area contributed by atoms with E-state index in [1.165, 1.54) is 7.11 Å². The smallest absolute Gasteiger partial charge is 0.316 e. The molecular weight excluding hydrogens is 257 g/mol. The van der Waals surface area contributed by atoms with Crippen molar-refractivity contribution in [2.45, 2.75) is 19.3 Å². The predicted octanol–water partition coefficient (Wildman–Crippen LogP) is 1.18. The quantitative estimate of drug-likeness (QED) is 0.408. The monoisotopic (exact) mass is 271 g/mol. The van der Waals surface area contributed by atoms with Crippen molar-refractivity contribution in [2.24, 2.45) is 11.3 Å². The van der Waals surface area contributed by atoms with Crippen LogP contribution < -0.4 is 0 Å². The molecular formula is C10H14O3Y-2. The number of hydrogen-bond acceptors (Lipinski definition) is 3. The van der Waals surface area contributed by atoms with Crippen LogP contribution >= 0.6 is 0 Å². The Balaban J connectivity index is 0.00000169.